The van der Waals surface area contributed by atoms with Crippen molar-refractivity contribution in [3.8, 4) is 11.5 Å². The molecule has 7 nitrogen and oxygen atoms in total. The number of hydrogen-bond donors (Lipinski definition) is 2. The van der Waals surface area contributed by atoms with Gasteiger partial charge in [-0.2, -0.15) is 0 Å². The molecule has 32 heavy (non-hydrogen) atoms. The molecule has 0 aliphatic rings. The molecule has 4 rings (SSSR count). The molecule has 0 bridgehead atoms. The summed E-state index contributed by atoms with van der Waals surface area (Å²) in [4.78, 5) is 25.3. The fourth-order valence-corrected chi connectivity index (χ4v) is 3.25. The van der Waals surface area contributed by atoms with Crippen molar-refractivity contribution in [2.75, 3.05) is 19.0 Å². The lowest BCUT2D eigenvalue weighted by molar-refractivity contribution is -0.123. The van der Waals surface area contributed by atoms with Gasteiger partial charge in [0.1, 0.15) is 17.3 Å². The van der Waals surface area contributed by atoms with E-state index in [1.165, 1.54) is 7.11 Å². The molecule has 162 valence electrons. The van der Waals surface area contributed by atoms with E-state index in [1.807, 2.05) is 30.3 Å². The van der Waals surface area contributed by atoms with Gasteiger partial charge in [-0.15, -0.1) is 0 Å². The number of hydrogen-bond acceptors (Lipinski definition) is 5. The summed E-state index contributed by atoms with van der Waals surface area (Å²) in [6.07, 6.45) is 1.54. The summed E-state index contributed by atoms with van der Waals surface area (Å²) in [5.41, 5.74) is 0.851. The van der Waals surface area contributed by atoms with Gasteiger partial charge >= 0.3 is 0 Å². The van der Waals surface area contributed by atoms with Gasteiger partial charge in [0, 0.05) is 0 Å². The van der Waals surface area contributed by atoms with Crippen molar-refractivity contribution < 1.29 is 23.5 Å². The first kappa shape index (κ1) is 21.0. The van der Waals surface area contributed by atoms with E-state index in [9.17, 15) is 9.59 Å². The maximum absolute atomic E-state index is 13.1. The Morgan fingerprint density at radius 1 is 0.906 bits per heavy atom. The molecule has 0 saturated carbocycles. The molecule has 2 amide bonds. The summed E-state index contributed by atoms with van der Waals surface area (Å²) in [5.74, 6) is 0.795. The van der Waals surface area contributed by atoms with Crippen LogP contribution < -0.4 is 20.1 Å². The van der Waals surface area contributed by atoms with Gasteiger partial charge in [-0.3, -0.25) is 9.59 Å². The van der Waals surface area contributed by atoms with E-state index in [1.54, 1.807) is 48.7 Å². The molecule has 1 aromatic heterocycles. The first-order valence-electron chi connectivity index (χ1n) is 10.0. The number of para-hydroxylation sites is 2. The van der Waals surface area contributed by atoms with Gasteiger partial charge in [-0.05, 0) is 47.2 Å². The quantitative estimate of drug-likeness (QED) is 0.433. The van der Waals surface area contributed by atoms with Crippen molar-refractivity contribution in [1.82, 2.24) is 5.32 Å². The molecule has 7 heteroatoms. The SMILES string of the molecule is COc1ccccc1NC(=O)c1cc2ccccc2cc1OCC(=O)NCc1ccco1. The summed E-state index contributed by atoms with van der Waals surface area (Å²) in [5, 5.41) is 7.36. The Morgan fingerprint density at radius 2 is 1.66 bits per heavy atom. The minimum atomic E-state index is -0.369. The number of carbonyl (C=O) groups is 2. The highest BCUT2D eigenvalue weighted by atomic mass is 16.5. The lowest BCUT2D eigenvalue weighted by atomic mass is 10.1. The Bertz CT molecular complexity index is 1230. The summed E-state index contributed by atoms with van der Waals surface area (Å²) < 4.78 is 16.3. The first-order chi connectivity index (χ1) is 15.6. The molecule has 1 heterocycles. The molecule has 4 aromatic rings. The van der Waals surface area contributed by atoms with E-state index >= 15 is 0 Å². The van der Waals surface area contributed by atoms with Crippen LogP contribution in [0.1, 0.15) is 16.1 Å². The number of anilines is 1. The zero-order valence-electron chi connectivity index (χ0n) is 17.5. The summed E-state index contributed by atoms with van der Waals surface area (Å²) >= 11 is 0. The lowest BCUT2D eigenvalue weighted by Gasteiger charge is -2.14. The second kappa shape index (κ2) is 9.70. The number of benzene rings is 3. The lowest BCUT2D eigenvalue weighted by Crippen LogP contribution is -2.28. The molecule has 2 N–H and O–H groups in total. The molecular formula is C25H22N2O5. The van der Waals surface area contributed by atoms with Gasteiger partial charge in [-0.25, -0.2) is 0 Å². The van der Waals surface area contributed by atoms with Crippen LogP contribution in [0.15, 0.2) is 83.5 Å². The number of fused-ring (bicyclic) bond motifs is 1. The van der Waals surface area contributed by atoms with Crippen molar-refractivity contribution in [3.05, 3.63) is 90.4 Å². The van der Waals surface area contributed by atoms with Crippen LogP contribution in [-0.2, 0) is 11.3 Å². The molecule has 0 aliphatic carbocycles. The van der Waals surface area contributed by atoms with Crippen LogP contribution in [0.5, 0.6) is 11.5 Å². The molecular weight excluding hydrogens is 408 g/mol. The fourth-order valence-electron chi connectivity index (χ4n) is 3.25. The Labute approximate surface area is 184 Å². The number of ether oxygens (including phenoxy) is 2. The standard InChI is InChI=1S/C25H22N2O5/c1-30-22-11-5-4-10-21(22)27-25(29)20-13-17-7-2-3-8-18(17)14-23(20)32-16-24(28)26-15-19-9-6-12-31-19/h2-14H,15-16H2,1H3,(H,26,28)(H,27,29). The molecule has 0 spiro atoms. The Hall–Kier alpha value is -4.26. The van der Waals surface area contributed by atoms with E-state index < -0.39 is 0 Å². The number of methoxy groups -OCH3 is 1. The van der Waals surface area contributed by atoms with Gasteiger partial charge in [-0.1, -0.05) is 36.4 Å². The number of furan rings is 1. The molecule has 0 radical (unpaired) electrons. The average Bonchev–Trinajstić information content (AvgIpc) is 3.35. The van der Waals surface area contributed by atoms with Crippen molar-refractivity contribution >= 4 is 28.3 Å². The highest BCUT2D eigenvalue weighted by molar-refractivity contribution is 6.09. The van der Waals surface area contributed by atoms with Crippen molar-refractivity contribution in [3.63, 3.8) is 0 Å². The van der Waals surface area contributed by atoms with Crippen LogP contribution in [0.4, 0.5) is 5.69 Å². The van der Waals surface area contributed by atoms with Gasteiger partial charge in [0.2, 0.25) is 0 Å². The van der Waals surface area contributed by atoms with Gasteiger partial charge < -0.3 is 24.5 Å². The molecule has 0 fully saturated rings. The topological polar surface area (TPSA) is 89.8 Å². The van der Waals surface area contributed by atoms with Crippen molar-refractivity contribution in [2.45, 2.75) is 6.54 Å². The van der Waals surface area contributed by atoms with Crippen LogP contribution in [-0.4, -0.2) is 25.5 Å². The number of amides is 2. The number of nitrogens with one attached hydrogen (secondary N) is 2. The summed E-state index contributed by atoms with van der Waals surface area (Å²) in [6, 6.07) is 21.8. The van der Waals surface area contributed by atoms with Crippen LogP contribution in [0.2, 0.25) is 0 Å². The third kappa shape index (κ3) is 4.89. The summed E-state index contributed by atoms with van der Waals surface area (Å²) in [6.45, 7) is 0.0159. The van der Waals surface area contributed by atoms with Crippen LogP contribution >= 0.6 is 0 Å². The normalized spacial score (nSPS) is 10.5. The maximum atomic E-state index is 13.1. The molecule has 0 saturated heterocycles. The second-order valence-corrected chi connectivity index (χ2v) is 6.99. The third-order valence-electron chi connectivity index (χ3n) is 4.85. The van der Waals surface area contributed by atoms with E-state index in [0.717, 1.165) is 10.8 Å². The minimum absolute atomic E-state index is 0.242. The predicted molar refractivity (Wildman–Crippen MR) is 121 cm³/mol. The first-order valence-corrected chi connectivity index (χ1v) is 10.0. The minimum Gasteiger partial charge on any atom is -0.495 e. The highest BCUT2D eigenvalue weighted by Gasteiger charge is 2.17. The average molecular weight is 430 g/mol. The Kier molecular flexibility index (Phi) is 6.36. The van der Waals surface area contributed by atoms with Crippen molar-refractivity contribution in [2.24, 2.45) is 0 Å². The number of carbonyl (C=O) groups excluding carboxylic acids is 2. The zero-order chi connectivity index (χ0) is 22.3. The number of rotatable bonds is 8. The zero-order valence-corrected chi connectivity index (χ0v) is 17.5. The van der Waals surface area contributed by atoms with E-state index in [-0.39, 0.29) is 25.0 Å². The maximum Gasteiger partial charge on any atom is 0.259 e. The Morgan fingerprint density at radius 3 is 2.41 bits per heavy atom. The summed E-state index contributed by atoms with van der Waals surface area (Å²) in [7, 11) is 1.54. The van der Waals surface area contributed by atoms with E-state index in [0.29, 0.717) is 28.5 Å². The third-order valence-corrected chi connectivity index (χ3v) is 4.85. The largest absolute Gasteiger partial charge is 0.495 e. The Balaban J connectivity index is 1.54. The molecule has 3 aromatic carbocycles. The van der Waals surface area contributed by atoms with E-state index in [2.05, 4.69) is 10.6 Å². The molecule has 0 atom stereocenters. The monoisotopic (exact) mass is 430 g/mol. The smallest absolute Gasteiger partial charge is 0.259 e. The fraction of sp³-hybridized carbons (Fsp3) is 0.120. The van der Waals surface area contributed by atoms with Crippen LogP contribution in [0.3, 0.4) is 0 Å². The second-order valence-electron chi connectivity index (χ2n) is 6.99. The van der Waals surface area contributed by atoms with Gasteiger partial charge in [0.05, 0.1) is 31.2 Å². The van der Waals surface area contributed by atoms with E-state index in [4.69, 9.17) is 13.9 Å². The van der Waals surface area contributed by atoms with Gasteiger partial charge in [0.15, 0.2) is 6.61 Å². The predicted octanol–water partition coefficient (Wildman–Crippen LogP) is 4.39. The van der Waals surface area contributed by atoms with Crippen LogP contribution in [0.25, 0.3) is 10.8 Å². The van der Waals surface area contributed by atoms with Gasteiger partial charge in [0.25, 0.3) is 11.8 Å². The highest BCUT2D eigenvalue weighted by Crippen LogP contribution is 2.29. The van der Waals surface area contributed by atoms with Crippen LogP contribution in [0, 0.1) is 0 Å². The van der Waals surface area contributed by atoms with Crippen molar-refractivity contribution in [1.29, 1.82) is 0 Å². The molecule has 0 unspecified atom stereocenters. The molecule has 0 aliphatic heterocycles.